The van der Waals surface area contributed by atoms with Gasteiger partial charge in [-0.1, -0.05) is 78.3 Å². The van der Waals surface area contributed by atoms with Crippen molar-refractivity contribution in [3.8, 4) is 0 Å². The number of allylic oxidation sites excluding steroid dienone is 8. The third kappa shape index (κ3) is 3.61. The van der Waals surface area contributed by atoms with Crippen LogP contribution in [0.2, 0.25) is 0 Å². The van der Waals surface area contributed by atoms with Gasteiger partial charge in [-0.25, -0.2) is 0 Å². The lowest BCUT2D eigenvalue weighted by atomic mass is 9.61. The van der Waals surface area contributed by atoms with Crippen LogP contribution in [0.15, 0.2) is 78.4 Å². The predicted octanol–water partition coefficient (Wildman–Crippen LogP) is 5.37. The second kappa shape index (κ2) is 8.45. The molecule has 5 rings (SSSR count). The maximum Gasteiger partial charge on any atom is 0.309 e. The summed E-state index contributed by atoms with van der Waals surface area (Å²) in [5, 5.41) is 10.6. The number of hydrogen-bond acceptors (Lipinski definition) is 2. The Balaban J connectivity index is 1.67. The van der Waals surface area contributed by atoms with Gasteiger partial charge in [0.25, 0.3) is 0 Å². The predicted molar refractivity (Wildman–Crippen MR) is 141 cm³/mol. The summed E-state index contributed by atoms with van der Waals surface area (Å²) in [5.41, 5.74) is 5.78. The van der Waals surface area contributed by atoms with E-state index >= 15 is 0 Å². The lowest BCUT2D eigenvalue weighted by Gasteiger charge is -2.39. The highest BCUT2D eigenvalue weighted by atomic mass is 16.5. The van der Waals surface area contributed by atoms with Crippen LogP contribution >= 0.6 is 0 Å². The zero-order valence-electron chi connectivity index (χ0n) is 20.7. The zero-order valence-corrected chi connectivity index (χ0v) is 20.7. The van der Waals surface area contributed by atoms with Gasteiger partial charge >= 0.3 is 7.48 Å². The highest BCUT2D eigenvalue weighted by Crippen LogP contribution is 2.59. The van der Waals surface area contributed by atoms with Crippen LogP contribution in [0, 0.1) is 18.1 Å². The van der Waals surface area contributed by atoms with E-state index in [9.17, 15) is 5.11 Å². The second-order valence-corrected chi connectivity index (χ2v) is 10.7. The van der Waals surface area contributed by atoms with Crippen molar-refractivity contribution < 1.29 is 9.76 Å². The molecule has 2 aromatic carbocycles. The smallest absolute Gasteiger partial charge is 0.309 e. The van der Waals surface area contributed by atoms with Crippen LogP contribution in [0.25, 0.3) is 5.57 Å². The summed E-state index contributed by atoms with van der Waals surface area (Å²) in [5.74, 6) is 0.317. The normalized spacial score (nSPS) is 23.5. The van der Waals surface area contributed by atoms with Crippen LogP contribution in [0.3, 0.4) is 0 Å². The molecule has 0 fully saturated rings. The van der Waals surface area contributed by atoms with Crippen molar-refractivity contribution in [2.24, 2.45) is 5.92 Å². The number of benzene rings is 1. The van der Waals surface area contributed by atoms with E-state index in [1.807, 2.05) is 19.9 Å². The molecule has 3 aliphatic carbocycles. The Morgan fingerprint density at radius 1 is 1.12 bits per heavy atom. The van der Waals surface area contributed by atoms with E-state index < -0.39 is 11.2 Å². The molecule has 3 aliphatic rings. The number of aliphatic hydroxyl groups is 1. The summed E-state index contributed by atoms with van der Waals surface area (Å²) in [6.45, 7) is 7.49. The van der Waals surface area contributed by atoms with Gasteiger partial charge in [0.05, 0.1) is 16.6 Å². The minimum Gasteiger partial charge on any atom is -0.427 e. The van der Waals surface area contributed by atoms with Crippen molar-refractivity contribution in [1.82, 2.24) is 0 Å². The van der Waals surface area contributed by atoms with Crippen molar-refractivity contribution in [2.75, 3.05) is 0 Å². The van der Waals surface area contributed by atoms with Gasteiger partial charge in [0.15, 0.2) is 0 Å². The van der Waals surface area contributed by atoms with Crippen LogP contribution < -0.4 is 5.46 Å². The molecule has 0 aromatic heterocycles. The summed E-state index contributed by atoms with van der Waals surface area (Å²) in [6.07, 6.45) is 17.0. The topological polar surface area (TPSA) is 29.5 Å². The molecular weight excluding hydrogens is 415 g/mol. The van der Waals surface area contributed by atoms with E-state index in [1.165, 1.54) is 27.8 Å². The fraction of sp³-hybridized carbons (Fsp3) is 0.355. The lowest BCUT2D eigenvalue weighted by molar-refractivity contribution is -0.0893. The standard InChI is InChI=1S/C31H33BO2/c1-29(2,33)30(3,4)34-32-24-19-20-26-25-17-11-12-18-27(25)31(28(26)21-24,22-13-7-5-8-14-22)23-15-9-6-10-16-23/h5,7,9,11-13,15-17,19-21,27,32-33H,6,10,18H2,1-4H3. The summed E-state index contributed by atoms with van der Waals surface area (Å²) in [6, 6.07) is 19.7. The van der Waals surface area contributed by atoms with Crippen molar-refractivity contribution in [2.45, 2.75) is 63.6 Å². The molecule has 0 heterocycles. The van der Waals surface area contributed by atoms with Gasteiger partial charge in [0, 0.05) is 11.5 Å². The number of rotatable bonds is 6. The van der Waals surface area contributed by atoms with Crippen molar-refractivity contribution in [1.29, 1.82) is 0 Å². The third-order valence-corrected chi connectivity index (χ3v) is 8.10. The fourth-order valence-electron chi connectivity index (χ4n) is 5.54. The van der Waals surface area contributed by atoms with E-state index in [0.717, 1.165) is 24.7 Å². The average molecular weight is 448 g/mol. The Hall–Kier alpha value is -2.80. The molecule has 34 heavy (non-hydrogen) atoms. The van der Waals surface area contributed by atoms with E-state index in [2.05, 4.69) is 78.9 Å². The molecule has 0 radical (unpaired) electrons. The highest BCUT2D eigenvalue weighted by Gasteiger charge is 2.52. The maximum absolute atomic E-state index is 10.6. The Labute approximate surface area is 205 Å². The first kappa shape index (κ1) is 23.0. The average Bonchev–Trinajstić information content (AvgIpc) is 3.14. The van der Waals surface area contributed by atoms with Gasteiger partial charge < -0.3 is 9.76 Å². The minimum absolute atomic E-state index is 0.303. The van der Waals surface area contributed by atoms with Gasteiger partial charge in [-0.3, -0.25) is 0 Å². The van der Waals surface area contributed by atoms with Gasteiger partial charge in [-0.15, -0.1) is 0 Å². The highest BCUT2D eigenvalue weighted by molar-refractivity contribution is 6.47. The van der Waals surface area contributed by atoms with E-state index in [1.54, 1.807) is 13.8 Å². The molecule has 0 saturated heterocycles. The molecule has 2 nitrogen and oxygen atoms in total. The first-order valence-electron chi connectivity index (χ1n) is 12.4. The summed E-state index contributed by atoms with van der Waals surface area (Å²) in [4.78, 5) is 0. The van der Waals surface area contributed by atoms with E-state index in [4.69, 9.17) is 4.65 Å². The molecular formula is C31H33BO2. The zero-order chi connectivity index (χ0) is 24.0. The number of hydrogen-bond donors (Lipinski definition) is 1. The molecule has 0 spiro atoms. The molecule has 1 N–H and O–H groups in total. The first-order valence-corrected chi connectivity index (χ1v) is 12.4. The maximum atomic E-state index is 10.6. The van der Waals surface area contributed by atoms with Gasteiger partial charge in [-0.2, -0.15) is 0 Å². The van der Waals surface area contributed by atoms with Crippen LogP contribution in [0.1, 0.15) is 63.6 Å². The monoisotopic (exact) mass is 448 g/mol. The molecule has 2 unspecified atom stereocenters. The van der Waals surface area contributed by atoms with Crippen LogP contribution in [-0.4, -0.2) is 23.8 Å². The SMILES string of the molecule is CC(C)(O)C(C)(C)OBc1ccc2c(c1)C(C1=CCCC=C1)(c1c#cccc1)C1CC=CC=C21. The van der Waals surface area contributed by atoms with Gasteiger partial charge in [0.1, 0.15) is 0 Å². The lowest BCUT2D eigenvalue weighted by Crippen LogP contribution is -2.49. The summed E-state index contributed by atoms with van der Waals surface area (Å²) >= 11 is 0. The van der Waals surface area contributed by atoms with Gasteiger partial charge in [-0.05, 0) is 81.4 Å². The van der Waals surface area contributed by atoms with Crippen LogP contribution in [0.4, 0.5) is 0 Å². The van der Waals surface area contributed by atoms with Crippen molar-refractivity contribution in [3.63, 3.8) is 0 Å². The van der Waals surface area contributed by atoms with E-state index in [-0.39, 0.29) is 5.41 Å². The third-order valence-electron chi connectivity index (χ3n) is 8.10. The second-order valence-electron chi connectivity index (χ2n) is 10.7. The Morgan fingerprint density at radius 3 is 2.68 bits per heavy atom. The molecule has 3 heteroatoms. The van der Waals surface area contributed by atoms with E-state index in [0.29, 0.717) is 13.4 Å². The Bertz CT molecular complexity index is 1190. The van der Waals surface area contributed by atoms with Crippen molar-refractivity contribution in [3.05, 3.63) is 107 Å². The Kier molecular flexibility index (Phi) is 5.71. The molecule has 0 amide bonds. The molecule has 0 bridgehead atoms. The molecule has 0 aliphatic heterocycles. The van der Waals surface area contributed by atoms with Crippen LogP contribution in [-0.2, 0) is 10.1 Å². The first-order chi connectivity index (χ1) is 16.2. The molecule has 2 atom stereocenters. The quantitative estimate of drug-likeness (QED) is 0.603. The minimum atomic E-state index is -0.939. The molecule has 172 valence electrons. The largest absolute Gasteiger partial charge is 0.427 e. The Morgan fingerprint density at radius 2 is 1.97 bits per heavy atom. The van der Waals surface area contributed by atoms with Crippen molar-refractivity contribution >= 4 is 18.5 Å². The molecule has 2 aromatic rings. The summed E-state index contributed by atoms with van der Waals surface area (Å²) < 4.78 is 6.26. The fourth-order valence-corrected chi connectivity index (χ4v) is 5.54. The van der Waals surface area contributed by atoms with Crippen LogP contribution in [0.5, 0.6) is 0 Å². The van der Waals surface area contributed by atoms with Gasteiger partial charge in [0.2, 0.25) is 0 Å². The summed E-state index contributed by atoms with van der Waals surface area (Å²) in [7, 11) is 0.446. The molecule has 0 saturated carbocycles. The number of fused-ring (bicyclic) bond motifs is 3.